The maximum atomic E-state index is 13.3. The fourth-order valence-corrected chi connectivity index (χ4v) is 5.08. The van der Waals surface area contributed by atoms with E-state index in [0.29, 0.717) is 11.1 Å². The van der Waals surface area contributed by atoms with Crippen molar-refractivity contribution in [2.24, 2.45) is 0 Å². The van der Waals surface area contributed by atoms with Crippen LogP contribution in [0, 0.1) is 0 Å². The summed E-state index contributed by atoms with van der Waals surface area (Å²) in [5, 5.41) is 0. The number of pyridine rings is 1. The van der Waals surface area contributed by atoms with Gasteiger partial charge in [-0.2, -0.15) is 4.57 Å². The average molecular weight is 398 g/mol. The molecule has 0 N–H and O–H groups in total. The smallest absolute Gasteiger partial charge is 0.341 e. The second-order valence-electron chi connectivity index (χ2n) is 7.37. The van der Waals surface area contributed by atoms with Crippen LogP contribution in [0.4, 0.5) is 0 Å². The third-order valence-electron chi connectivity index (χ3n) is 6.13. The van der Waals surface area contributed by atoms with Gasteiger partial charge in [0, 0.05) is 17.7 Å². The second-order valence-corrected chi connectivity index (χ2v) is 7.37. The molecule has 2 atom stereocenters. The molecule has 0 spiro atoms. The fraction of sp³-hybridized carbons (Fsp3) is 0.160. The van der Waals surface area contributed by atoms with Crippen LogP contribution >= 0.6 is 0 Å². The van der Waals surface area contributed by atoms with E-state index in [1.807, 2.05) is 79.0 Å². The number of rotatable bonds is 3. The Morgan fingerprint density at radius 3 is 2.23 bits per heavy atom. The topological polar surface area (TPSA) is 56.5 Å². The lowest BCUT2D eigenvalue weighted by atomic mass is 9.57. The Kier molecular flexibility index (Phi) is 4.07. The molecule has 0 amide bonds. The van der Waals surface area contributed by atoms with Gasteiger partial charge >= 0.3 is 11.9 Å². The highest BCUT2D eigenvalue weighted by molar-refractivity contribution is 6.06. The minimum atomic E-state index is -0.996. The summed E-state index contributed by atoms with van der Waals surface area (Å²) in [7, 11) is 2.68. The van der Waals surface area contributed by atoms with E-state index in [1.165, 1.54) is 14.2 Å². The van der Waals surface area contributed by atoms with E-state index in [2.05, 4.69) is 4.57 Å². The molecule has 0 radical (unpaired) electrons. The van der Waals surface area contributed by atoms with Crippen LogP contribution in [0.1, 0.15) is 28.4 Å². The number of esters is 2. The molecule has 0 saturated carbocycles. The number of methoxy groups -OCH3 is 2. The van der Waals surface area contributed by atoms with Crippen LogP contribution in [-0.4, -0.2) is 26.2 Å². The molecule has 2 bridgehead atoms. The molecule has 3 aliphatic rings. The molecule has 2 aliphatic heterocycles. The van der Waals surface area contributed by atoms with Crippen molar-refractivity contribution in [3.63, 3.8) is 0 Å². The number of hydrogen-bond donors (Lipinski definition) is 0. The molecule has 1 aromatic heterocycles. The Balaban J connectivity index is 2.04. The van der Waals surface area contributed by atoms with E-state index in [1.54, 1.807) is 0 Å². The van der Waals surface area contributed by atoms with Gasteiger partial charge in [-0.1, -0.05) is 60.7 Å². The zero-order valence-electron chi connectivity index (χ0n) is 16.7. The Morgan fingerprint density at radius 1 is 0.833 bits per heavy atom. The first kappa shape index (κ1) is 18.3. The zero-order chi connectivity index (χ0) is 20.9. The minimum Gasteiger partial charge on any atom is -0.466 e. The van der Waals surface area contributed by atoms with E-state index < -0.39 is 23.4 Å². The van der Waals surface area contributed by atoms with E-state index in [4.69, 9.17) is 9.47 Å². The Hall–Kier alpha value is -3.73. The molecular formula is C25H20NO4+. The molecule has 3 heterocycles. The second kappa shape index (κ2) is 6.66. The maximum Gasteiger partial charge on any atom is 0.341 e. The summed E-state index contributed by atoms with van der Waals surface area (Å²) in [6.07, 6.45) is 1.95. The highest BCUT2D eigenvalue weighted by Crippen LogP contribution is 2.56. The molecule has 3 aromatic rings. The largest absolute Gasteiger partial charge is 0.466 e. The summed E-state index contributed by atoms with van der Waals surface area (Å²) in [6, 6.07) is 23.2. The van der Waals surface area contributed by atoms with Crippen LogP contribution < -0.4 is 4.57 Å². The van der Waals surface area contributed by atoms with E-state index in [9.17, 15) is 9.59 Å². The van der Waals surface area contributed by atoms with Gasteiger partial charge in [-0.05, 0) is 11.1 Å². The van der Waals surface area contributed by atoms with E-state index in [0.717, 1.165) is 22.4 Å². The molecular weight excluding hydrogens is 378 g/mol. The van der Waals surface area contributed by atoms with Crippen molar-refractivity contribution >= 4 is 11.9 Å². The lowest BCUT2D eigenvalue weighted by Crippen LogP contribution is -2.62. The summed E-state index contributed by atoms with van der Waals surface area (Å²) in [5.41, 5.74) is 3.38. The van der Waals surface area contributed by atoms with Gasteiger partial charge in [0.2, 0.25) is 11.7 Å². The molecule has 30 heavy (non-hydrogen) atoms. The first-order chi connectivity index (χ1) is 14.7. The Morgan fingerprint density at radius 2 is 1.50 bits per heavy atom. The molecule has 0 saturated heterocycles. The maximum absolute atomic E-state index is 13.3. The van der Waals surface area contributed by atoms with Crippen LogP contribution in [0.2, 0.25) is 0 Å². The molecule has 1 aliphatic carbocycles. The number of hydrogen-bond acceptors (Lipinski definition) is 4. The van der Waals surface area contributed by atoms with Crippen LogP contribution in [0.3, 0.4) is 0 Å². The molecule has 0 fully saturated rings. The van der Waals surface area contributed by atoms with Crippen molar-refractivity contribution < 1.29 is 23.6 Å². The fourth-order valence-electron chi connectivity index (χ4n) is 5.08. The third kappa shape index (κ3) is 2.15. The predicted octanol–water partition coefficient (Wildman–Crippen LogP) is 2.87. The number of benzene rings is 2. The van der Waals surface area contributed by atoms with Crippen molar-refractivity contribution in [1.29, 1.82) is 0 Å². The standard InChI is InChI=1S/C25H20NO4/c1-29-23(27)20-21(24(28)30-2)25(16-10-4-3-5-11-16)18-13-7-6-12-17(18)22(20)26-15-9-8-14-19(25)26/h3-15,22H,1-2H3/q+1. The average Bonchev–Trinajstić information content (AvgIpc) is 2.83. The van der Waals surface area contributed by atoms with Gasteiger partial charge < -0.3 is 9.47 Å². The van der Waals surface area contributed by atoms with Crippen LogP contribution in [0.15, 0.2) is 90.1 Å². The molecule has 2 unspecified atom stereocenters. The number of carbonyl (C=O) groups is 2. The first-order valence-corrected chi connectivity index (χ1v) is 9.73. The van der Waals surface area contributed by atoms with Gasteiger partial charge in [0.05, 0.1) is 19.8 Å². The number of nitrogens with zero attached hydrogens (tertiary/aromatic N) is 1. The van der Waals surface area contributed by atoms with Gasteiger partial charge in [-0.3, -0.25) is 0 Å². The summed E-state index contributed by atoms with van der Waals surface area (Å²) in [6.45, 7) is 0. The Bertz CT molecular complexity index is 1170. The number of ether oxygens (including phenoxy) is 2. The molecule has 5 heteroatoms. The van der Waals surface area contributed by atoms with Gasteiger partial charge in [0.1, 0.15) is 11.0 Å². The lowest BCUT2D eigenvalue weighted by molar-refractivity contribution is -0.719. The zero-order valence-corrected chi connectivity index (χ0v) is 16.7. The highest BCUT2D eigenvalue weighted by Gasteiger charge is 2.63. The number of aromatic nitrogens is 1. The van der Waals surface area contributed by atoms with Crippen LogP contribution in [0.25, 0.3) is 0 Å². The summed E-state index contributed by atoms with van der Waals surface area (Å²) in [4.78, 5) is 26.4. The van der Waals surface area contributed by atoms with Gasteiger partial charge in [-0.25, -0.2) is 9.59 Å². The third-order valence-corrected chi connectivity index (χ3v) is 6.13. The van der Waals surface area contributed by atoms with Crippen LogP contribution in [-0.2, 0) is 24.5 Å². The molecule has 5 nitrogen and oxygen atoms in total. The van der Waals surface area contributed by atoms with E-state index >= 15 is 0 Å². The minimum absolute atomic E-state index is 0.315. The molecule has 148 valence electrons. The normalized spacial score (nSPS) is 20.9. The van der Waals surface area contributed by atoms with Crippen molar-refractivity contribution in [3.05, 3.63) is 113 Å². The predicted molar refractivity (Wildman–Crippen MR) is 109 cm³/mol. The summed E-state index contributed by atoms with van der Waals surface area (Å²) in [5.74, 6) is -1.06. The SMILES string of the molecule is COC(=O)C1=C(C(=O)OC)C2(c3ccccc3)c3ccccc3C1[n+]1ccccc12. The summed E-state index contributed by atoms with van der Waals surface area (Å²) >= 11 is 0. The van der Waals surface area contributed by atoms with Crippen molar-refractivity contribution in [2.75, 3.05) is 14.2 Å². The van der Waals surface area contributed by atoms with Crippen molar-refractivity contribution in [2.45, 2.75) is 11.5 Å². The quantitative estimate of drug-likeness (QED) is 0.503. The van der Waals surface area contributed by atoms with Gasteiger partial charge in [-0.15, -0.1) is 0 Å². The van der Waals surface area contributed by atoms with Crippen molar-refractivity contribution in [3.8, 4) is 0 Å². The Labute approximate surface area is 174 Å². The first-order valence-electron chi connectivity index (χ1n) is 9.73. The number of carbonyl (C=O) groups excluding carboxylic acids is 2. The molecule has 2 aromatic carbocycles. The lowest BCUT2D eigenvalue weighted by Gasteiger charge is -2.45. The van der Waals surface area contributed by atoms with Crippen LogP contribution in [0.5, 0.6) is 0 Å². The van der Waals surface area contributed by atoms with Gasteiger partial charge in [0.15, 0.2) is 6.20 Å². The van der Waals surface area contributed by atoms with Gasteiger partial charge in [0.25, 0.3) is 0 Å². The highest BCUT2D eigenvalue weighted by atomic mass is 16.5. The summed E-state index contributed by atoms with van der Waals surface area (Å²) < 4.78 is 12.5. The molecule has 6 rings (SSSR count). The monoisotopic (exact) mass is 398 g/mol. The van der Waals surface area contributed by atoms with Crippen molar-refractivity contribution in [1.82, 2.24) is 0 Å². The van der Waals surface area contributed by atoms with E-state index in [-0.39, 0.29) is 0 Å².